The maximum absolute atomic E-state index is 12.3. The molecule has 0 bridgehead atoms. The van der Waals surface area contributed by atoms with E-state index < -0.39 is 0 Å². The molecule has 1 amide bonds. The molecule has 3 rings (SSSR count). The van der Waals surface area contributed by atoms with Gasteiger partial charge in [0.1, 0.15) is 6.33 Å². The summed E-state index contributed by atoms with van der Waals surface area (Å²) in [6, 6.07) is 8.76. The molecule has 1 aromatic heterocycles. The summed E-state index contributed by atoms with van der Waals surface area (Å²) in [6.07, 6.45) is 8.94. The number of amides is 1. The minimum Gasteiger partial charge on any atom is -0.353 e. The van der Waals surface area contributed by atoms with E-state index in [9.17, 15) is 4.79 Å². The molecule has 26 heavy (non-hydrogen) atoms. The summed E-state index contributed by atoms with van der Waals surface area (Å²) < 4.78 is 1.94. The second-order valence-electron chi connectivity index (χ2n) is 7.27. The van der Waals surface area contributed by atoms with E-state index >= 15 is 0 Å². The first kappa shape index (κ1) is 19.0. The standard InChI is InChI=1S/C20H28N4OS/c1-15(2)16-9-11-18(12-10-16)24-14-21-23-20(24)26-13-19(25)22-17-7-5-3-4-6-8-17/h9-12,14-15,17H,3-8,13H2,1-2H3,(H,22,25). The Bertz CT molecular complexity index is 703. The van der Waals surface area contributed by atoms with Gasteiger partial charge in [-0.05, 0) is 36.5 Å². The highest BCUT2D eigenvalue weighted by Crippen LogP contribution is 2.22. The van der Waals surface area contributed by atoms with E-state index in [1.54, 1.807) is 6.33 Å². The molecule has 1 heterocycles. The summed E-state index contributed by atoms with van der Waals surface area (Å²) in [5.41, 5.74) is 2.32. The molecule has 140 valence electrons. The number of carbonyl (C=O) groups is 1. The molecule has 1 aliphatic carbocycles. The Morgan fingerprint density at radius 2 is 1.88 bits per heavy atom. The predicted molar refractivity (Wildman–Crippen MR) is 106 cm³/mol. The quantitative estimate of drug-likeness (QED) is 0.606. The van der Waals surface area contributed by atoms with Crippen molar-refractivity contribution in [1.82, 2.24) is 20.1 Å². The Kier molecular flexibility index (Phi) is 6.72. The van der Waals surface area contributed by atoms with Crippen LogP contribution >= 0.6 is 11.8 Å². The average Bonchev–Trinajstić information content (AvgIpc) is 2.96. The number of thioether (sulfide) groups is 1. The molecule has 0 spiro atoms. The second kappa shape index (κ2) is 9.21. The van der Waals surface area contributed by atoms with Gasteiger partial charge in [-0.1, -0.05) is 63.4 Å². The molecule has 5 nitrogen and oxygen atoms in total. The van der Waals surface area contributed by atoms with Crippen LogP contribution < -0.4 is 5.32 Å². The van der Waals surface area contributed by atoms with Crippen LogP contribution in [0.15, 0.2) is 35.7 Å². The SMILES string of the molecule is CC(C)c1ccc(-n2cnnc2SCC(=O)NC2CCCCCC2)cc1. The normalized spacial score (nSPS) is 15.8. The Morgan fingerprint density at radius 1 is 1.19 bits per heavy atom. The molecule has 1 N–H and O–H groups in total. The molecule has 0 unspecified atom stereocenters. The largest absolute Gasteiger partial charge is 0.353 e. The first-order valence-electron chi connectivity index (χ1n) is 9.56. The maximum atomic E-state index is 12.3. The van der Waals surface area contributed by atoms with Gasteiger partial charge in [0.2, 0.25) is 5.91 Å². The molecule has 0 radical (unpaired) electrons. The lowest BCUT2D eigenvalue weighted by Crippen LogP contribution is -2.35. The van der Waals surface area contributed by atoms with Gasteiger partial charge < -0.3 is 5.32 Å². The van der Waals surface area contributed by atoms with Crippen molar-refractivity contribution in [1.29, 1.82) is 0 Å². The van der Waals surface area contributed by atoms with E-state index in [0.717, 1.165) is 23.7 Å². The predicted octanol–water partition coefficient (Wildman–Crippen LogP) is 4.32. The number of benzene rings is 1. The molecule has 1 saturated carbocycles. The molecule has 0 aliphatic heterocycles. The van der Waals surface area contributed by atoms with Gasteiger partial charge in [-0.2, -0.15) is 0 Å². The van der Waals surface area contributed by atoms with E-state index in [1.165, 1.54) is 43.0 Å². The Balaban J connectivity index is 1.57. The van der Waals surface area contributed by atoms with E-state index in [4.69, 9.17) is 0 Å². The van der Waals surface area contributed by atoms with Gasteiger partial charge in [0.05, 0.1) is 5.75 Å². The summed E-state index contributed by atoms with van der Waals surface area (Å²) in [4.78, 5) is 12.3. The van der Waals surface area contributed by atoms with E-state index in [2.05, 4.69) is 53.6 Å². The molecule has 1 aromatic carbocycles. The van der Waals surface area contributed by atoms with Crippen LogP contribution in [0.3, 0.4) is 0 Å². The fourth-order valence-corrected chi connectivity index (χ4v) is 4.08. The third-order valence-corrected chi connectivity index (χ3v) is 5.85. The Hall–Kier alpha value is -1.82. The van der Waals surface area contributed by atoms with Crippen LogP contribution in [0.4, 0.5) is 0 Å². The molecular weight excluding hydrogens is 344 g/mol. The summed E-state index contributed by atoms with van der Waals surface area (Å²) in [7, 11) is 0. The van der Waals surface area contributed by atoms with Crippen molar-refractivity contribution in [3.8, 4) is 5.69 Å². The van der Waals surface area contributed by atoms with Gasteiger partial charge in [-0.25, -0.2) is 0 Å². The third kappa shape index (κ3) is 5.10. The smallest absolute Gasteiger partial charge is 0.230 e. The minimum absolute atomic E-state index is 0.0894. The van der Waals surface area contributed by atoms with Crippen LogP contribution in [0.1, 0.15) is 63.9 Å². The zero-order valence-electron chi connectivity index (χ0n) is 15.6. The Morgan fingerprint density at radius 3 is 2.54 bits per heavy atom. The highest BCUT2D eigenvalue weighted by molar-refractivity contribution is 7.99. The first-order chi connectivity index (χ1) is 12.6. The fraction of sp³-hybridized carbons (Fsp3) is 0.550. The summed E-state index contributed by atoms with van der Waals surface area (Å²) in [5, 5.41) is 12.1. The molecule has 1 aliphatic rings. The van der Waals surface area contributed by atoms with Crippen LogP contribution in [0.2, 0.25) is 0 Å². The summed E-state index contributed by atoms with van der Waals surface area (Å²) in [6.45, 7) is 4.36. The van der Waals surface area contributed by atoms with Crippen molar-refractivity contribution < 1.29 is 4.79 Å². The van der Waals surface area contributed by atoms with Crippen molar-refractivity contribution in [3.05, 3.63) is 36.2 Å². The van der Waals surface area contributed by atoms with Crippen LogP contribution in [0.5, 0.6) is 0 Å². The van der Waals surface area contributed by atoms with E-state index in [1.807, 2.05) is 4.57 Å². The fourth-order valence-electron chi connectivity index (χ4n) is 3.34. The zero-order valence-corrected chi connectivity index (χ0v) is 16.5. The summed E-state index contributed by atoms with van der Waals surface area (Å²) >= 11 is 1.44. The van der Waals surface area contributed by atoms with Gasteiger partial charge in [-0.15, -0.1) is 10.2 Å². The first-order valence-corrected chi connectivity index (χ1v) is 10.5. The number of aromatic nitrogens is 3. The lowest BCUT2D eigenvalue weighted by molar-refractivity contribution is -0.119. The van der Waals surface area contributed by atoms with Crippen molar-refractivity contribution in [2.45, 2.75) is 69.5 Å². The van der Waals surface area contributed by atoms with Crippen molar-refractivity contribution >= 4 is 17.7 Å². The lowest BCUT2D eigenvalue weighted by Gasteiger charge is -2.16. The number of rotatable bonds is 6. The van der Waals surface area contributed by atoms with E-state index in [-0.39, 0.29) is 5.91 Å². The van der Waals surface area contributed by atoms with Crippen LogP contribution in [0, 0.1) is 0 Å². The Labute approximate surface area is 160 Å². The van der Waals surface area contributed by atoms with Gasteiger partial charge in [0, 0.05) is 11.7 Å². The highest BCUT2D eigenvalue weighted by atomic mass is 32.2. The molecule has 2 aromatic rings. The monoisotopic (exact) mass is 372 g/mol. The zero-order chi connectivity index (χ0) is 18.4. The molecule has 6 heteroatoms. The van der Waals surface area contributed by atoms with Crippen molar-refractivity contribution in [2.75, 3.05) is 5.75 Å². The second-order valence-corrected chi connectivity index (χ2v) is 8.22. The molecular formula is C20H28N4OS. The number of carbonyl (C=O) groups excluding carboxylic acids is 1. The van der Waals surface area contributed by atoms with Crippen LogP contribution in [0.25, 0.3) is 5.69 Å². The van der Waals surface area contributed by atoms with Crippen molar-refractivity contribution in [3.63, 3.8) is 0 Å². The molecule has 1 fully saturated rings. The lowest BCUT2D eigenvalue weighted by atomic mass is 10.0. The topological polar surface area (TPSA) is 59.8 Å². The van der Waals surface area contributed by atoms with Gasteiger partial charge in [0.25, 0.3) is 0 Å². The molecule has 0 saturated heterocycles. The average molecular weight is 373 g/mol. The van der Waals surface area contributed by atoms with E-state index in [0.29, 0.717) is 17.7 Å². The van der Waals surface area contributed by atoms with Gasteiger partial charge >= 0.3 is 0 Å². The molecule has 0 atom stereocenters. The maximum Gasteiger partial charge on any atom is 0.230 e. The number of hydrogen-bond acceptors (Lipinski definition) is 4. The van der Waals surface area contributed by atoms with Crippen molar-refractivity contribution in [2.24, 2.45) is 0 Å². The highest BCUT2D eigenvalue weighted by Gasteiger charge is 2.16. The number of nitrogens with zero attached hydrogens (tertiary/aromatic N) is 3. The number of nitrogens with one attached hydrogen (secondary N) is 1. The summed E-state index contributed by atoms with van der Waals surface area (Å²) in [5.74, 6) is 0.970. The minimum atomic E-state index is 0.0894. The number of hydrogen-bond donors (Lipinski definition) is 1. The van der Waals surface area contributed by atoms with Crippen LogP contribution in [-0.2, 0) is 4.79 Å². The third-order valence-electron chi connectivity index (χ3n) is 4.91. The van der Waals surface area contributed by atoms with Crippen LogP contribution in [-0.4, -0.2) is 32.5 Å². The van der Waals surface area contributed by atoms with Gasteiger partial charge in [-0.3, -0.25) is 9.36 Å². The van der Waals surface area contributed by atoms with Gasteiger partial charge in [0.15, 0.2) is 5.16 Å².